The van der Waals surface area contributed by atoms with Crippen molar-refractivity contribution < 1.29 is 0 Å². The van der Waals surface area contributed by atoms with Gasteiger partial charge in [-0.1, -0.05) is 18.2 Å². The summed E-state index contributed by atoms with van der Waals surface area (Å²) in [6.07, 6.45) is 5.10. The van der Waals surface area contributed by atoms with E-state index in [0.29, 0.717) is 0 Å². The smallest absolute Gasteiger partial charge is 0.115 e. The molecule has 2 nitrogen and oxygen atoms in total. The number of rotatable bonds is 0. The van der Waals surface area contributed by atoms with Crippen LogP contribution < -0.4 is 0 Å². The van der Waals surface area contributed by atoms with E-state index in [4.69, 9.17) is 0 Å². The van der Waals surface area contributed by atoms with Gasteiger partial charge in [0.05, 0.1) is 11.4 Å². The Labute approximate surface area is 82.5 Å². The van der Waals surface area contributed by atoms with Gasteiger partial charge in [-0.05, 0) is 23.8 Å². The van der Waals surface area contributed by atoms with Crippen LogP contribution in [-0.4, -0.2) is 10.8 Å². The molecular weight excluding hydrogens is 172 g/mol. The van der Waals surface area contributed by atoms with Gasteiger partial charge in [-0.15, -0.1) is 0 Å². The largest absolute Gasteiger partial charge is 0.342 e. The molecule has 2 heterocycles. The van der Waals surface area contributed by atoms with Crippen LogP contribution in [0.25, 0.3) is 0 Å². The lowest BCUT2D eigenvalue weighted by Crippen LogP contribution is -1.99. The topological polar surface area (TPSA) is 17.3 Å². The molecule has 0 unspecified atom stereocenters. The summed E-state index contributed by atoms with van der Waals surface area (Å²) in [5.41, 5.74) is 3.31. The second kappa shape index (κ2) is 2.84. The number of hydrogen-bond acceptors (Lipinski definition) is 1. The number of fused-ring (bicyclic) bond motifs is 2. The molecule has 0 bridgehead atoms. The maximum Gasteiger partial charge on any atom is 0.115 e. The Bertz CT molecular complexity index is 495. The molecule has 0 atom stereocenters. The van der Waals surface area contributed by atoms with Crippen molar-refractivity contribution in [2.24, 2.45) is 4.99 Å². The maximum atomic E-state index is 4.33. The fourth-order valence-corrected chi connectivity index (χ4v) is 1.71. The highest BCUT2D eigenvalue weighted by atomic mass is 15.0. The molecule has 0 saturated heterocycles. The first-order valence-corrected chi connectivity index (χ1v) is 4.63. The van der Waals surface area contributed by atoms with Crippen LogP contribution in [0.4, 0.5) is 5.69 Å². The van der Waals surface area contributed by atoms with Gasteiger partial charge in [0.15, 0.2) is 0 Å². The highest BCUT2D eigenvalue weighted by molar-refractivity contribution is 5.81. The van der Waals surface area contributed by atoms with Crippen LogP contribution >= 0.6 is 0 Å². The van der Waals surface area contributed by atoms with Gasteiger partial charge in [0.25, 0.3) is 0 Å². The Hall–Kier alpha value is -1.83. The molecule has 14 heavy (non-hydrogen) atoms. The summed E-state index contributed by atoms with van der Waals surface area (Å²) < 4.78 is 2.15. The molecule has 0 amide bonds. The fourth-order valence-electron chi connectivity index (χ4n) is 1.71. The molecule has 67 valence electrons. The average Bonchev–Trinajstić information content (AvgIpc) is 2.58. The number of hydrogen-bond donors (Lipinski definition) is 0. The van der Waals surface area contributed by atoms with E-state index in [0.717, 1.165) is 17.9 Å². The first kappa shape index (κ1) is 7.56. The van der Waals surface area contributed by atoms with Gasteiger partial charge in [0, 0.05) is 12.7 Å². The monoisotopic (exact) mass is 181 g/mol. The van der Waals surface area contributed by atoms with Gasteiger partial charge in [0.1, 0.15) is 6.21 Å². The van der Waals surface area contributed by atoms with Crippen LogP contribution in [0, 0.1) is 0 Å². The highest BCUT2D eigenvalue weighted by Gasteiger charge is 2.07. The van der Waals surface area contributed by atoms with Crippen molar-refractivity contribution in [3.05, 3.63) is 53.9 Å². The Balaban J connectivity index is 2.19. The van der Waals surface area contributed by atoms with Crippen LogP contribution in [0.3, 0.4) is 0 Å². The van der Waals surface area contributed by atoms with E-state index in [-0.39, 0.29) is 0 Å². The number of aliphatic imine (C=N–C) groups is 1. The van der Waals surface area contributed by atoms with Gasteiger partial charge in [-0.25, -0.2) is 4.99 Å². The van der Waals surface area contributed by atoms with E-state index in [1.807, 2.05) is 30.3 Å². The van der Waals surface area contributed by atoms with Crippen molar-refractivity contribution >= 4 is 11.9 Å². The molecule has 0 spiro atoms. The van der Waals surface area contributed by atoms with Crippen LogP contribution in [0.15, 0.2) is 47.6 Å². The Morgan fingerprint density at radius 2 is 2.07 bits per heavy atom. The summed E-state index contributed by atoms with van der Waals surface area (Å²) in [7, 11) is 0. The van der Waals surface area contributed by atoms with Gasteiger partial charge < -0.3 is 4.57 Å². The number of aromatic nitrogens is 1. The first-order valence-electron chi connectivity index (χ1n) is 4.63. The zero-order valence-corrected chi connectivity index (χ0v) is 7.64. The Morgan fingerprint density at radius 1 is 1.14 bits per heavy atom. The molecular formula is C12H9N2. The second-order valence-corrected chi connectivity index (χ2v) is 3.37. The first-order chi connectivity index (χ1) is 6.93. The van der Waals surface area contributed by atoms with Crippen LogP contribution in [0.2, 0.25) is 0 Å². The zero-order chi connectivity index (χ0) is 9.38. The minimum absolute atomic E-state index is 0.884. The van der Waals surface area contributed by atoms with E-state index in [1.165, 1.54) is 5.56 Å². The SMILES string of the molecule is [C]1=Nc2ccccc2Cn2cccc21. The average molecular weight is 181 g/mol. The lowest BCUT2D eigenvalue weighted by atomic mass is 10.2. The van der Waals surface area contributed by atoms with Crippen LogP contribution in [-0.2, 0) is 6.54 Å². The van der Waals surface area contributed by atoms with E-state index in [1.54, 1.807) is 0 Å². The summed E-state index contributed by atoms with van der Waals surface area (Å²) in [5.74, 6) is 0. The standard InChI is InChI=1S/C12H9N2/c1-2-6-12-10(4-1)9-14-7-3-5-11(14)8-13-12/h1-7H,9H2. The van der Waals surface area contributed by atoms with Crippen molar-refractivity contribution in [3.63, 3.8) is 0 Å². The molecule has 2 heteroatoms. The molecule has 1 aliphatic heterocycles. The molecule has 1 aromatic heterocycles. The van der Waals surface area contributed by atoms with E-state index < -0.39 is 0 Å². The number of benzene rings is 1. The molecule has 1 aliphatic rings. The van der Waals surface area contributed by atoms with Crippen LogP contribution in [0.5, 0.6) is 0 Å². The van der Waals surface area contributed by atoms with Gasteiger partial charge in [-0.2, -0.15) is 0 Å². The van der Waals surface area contributed by atoms with Crippen molar-refractivity contribution in [2.75, 3.05) is 0 Å². The third-order valence-electron chi connectivity index (χ3n) is 2.45. The summed E-state index contributed by atoms with van der Waals surface area (Å²) in [5, 5.41) is 0. The number of para-hydroxylation sites is 1. The Kier molecular flexibility index (Phi) is 1.53. The lowest BCUT2D eigenvalue weighted by molar-refractivity contribution is 0.806. The summed E-state index contributed by atoms with van der Waals surface area (Å²) >= 11 is 0. The highest BCUT2D eigenvalue weighted by Crippen LogP contribution is 2.22. The predicted octanol–water partition coefficient (Wildman–Crippen LogP) is 2.48. The lowest BCUT2D eigenvalue weighted by Gasteiger charge is -2.04. The van der Waals surface area contributed by atoms with Crippen molar-refractivity contribution in [1.82, 2.24) is 4.57 Å². The second-order valence-electron chi connectivity index (χ2n) is 3.37. The third kappa shape index (κ3) is 1.08. The maximum absolute atomic E-state index is 4.33. The molecule has 0 fully saturated rings. The molecule has 3 rings (SSSR count). The van der Waals surface area contributed by atoms with Crippen molar-refractivity contribution in [3.8, 4) is 0 Å². The molecule has 0 aliphatic carbocycles. The molecule has 2 aromatic rings. The molecule has 1 aromatic carbocycles. The molecule has 1 radical (unpaired) electrons. The minimum atomic E-state index is 0.884. The fraction of sp³-hybridized carbons (Fsp3) is 0.0833. The number of nitrogens with zero attached hydrogens (tertiary/aromatic N) is 2. The van der Waals surface area contributed by atoms with Crippen LogP contribution in [0.1, 0.15) is 11.3 Å². The summed E-state index contributed by atoms with van der Waals surface area (Å²) in [4.78, 5) is 4.33. The predicted molar refractivity (Wildman–Crippen MR) is 56.2 cm³/mol. The quantitative estimate of drug-likeness (QED) is 0.507. The summed E-state index contributed by atoms with van der Waals surface area (Å²) in [6, 6.07) is 12.2. The molecule has 0 saturated carbocycles. The minimum Gasteiger partial charge on any atom is -0.342 e. The van der Waals surface area contributed by atoms with Crippen molar-refractivity contribution in [1.29, 1.82) is 0 Å². The van der Waals surface area contributed by atoms with E-state index in [2.05, 4.69) is 28.0 Å². The Morgan fingerprint density at radius 3 is 3.07 bits per heavy atom. The van der Waals surface area contributed by atoms with E-state index in [9.17, 15) is 0 Å². The normalized spacial score (nSPS) is 13.1. The molecule has 0 N–H and O–H groups in total. The van der Waals surface area contributed by atoms with Gasteiger partial charge in [-0.3, -0.25) is 0 Å². The summed E-state index contributed by atoms with van der Waals surface area (Å²) in [6.45, 7) is 0.884. The third-order valence-corrected chi connectivity index (χ3v) is 2.45. The van der Waals surface area contributed by atoms with Gasteiger partial charge >= 0.3 is 0 Å². The van der Waals surface area contributed by atoms with Crippen molar-refractivity contribution in [2.45, 2.75) is 6.54 Å². The van der Waals surface area contributed by atoms with E-state index >= 15 is 0 Å². The van der Waals surface area contributed by atoms with Gasteiger partial charge in [0.2, 0.25) is 0 Å². The zero-order valence-electron chi connectivity index (χ0n) is 7.64.